The van der Waals surface area contributed by atoms with Gasteiger partial charge < -0.3 is 14.3 Å². The fourth-order valence-electron chi connectivity index (χ4n) is 1.82. The van der Waals surface area contributed by atoms with Crippen LogP contribution in [0.5, 0.6) is 5.75 Å². The number of carbonyl (C=O) groups excluding carboxylic acids is 2. The predicted molar refractivity (Wildman–Crippen MR) is 76.8 cm³/mol. The second kappa shape index (κ2) is 9.13. The number of hydrogen-bond donors (Lipinski definition) is 0. The maximum atomic E-state index is 11.6. The summed E-state index contributed by atoms with van der Waals surface area (Å²) in [5.74, 6) is 0.700. The van der Waals surface area contributed by atoms with Crippen molar-refractivity contribution >= 4 is 11.8 Å². The molecule has 4 heteroatoms. The molecule has 0 fully saturated rings. The van der Waals surface area contributed by atoms with Crippen LogP contribution in [-0.4, -0.2) is 25.0 Å². The van der Waals surface area contributed by atoms with Gasteiger partial charge in [-0.1, -0.05) is 18.2 Å². The fourth-order valence-corrected chi connectivity index (χ4v) is 1.82. The summed E-state index contributed by atoms with van der Waals surface area (Å²) < 4.78 is 10.6. The van der Waals surface area contributed by atoms with Gasteiger partial charge in [0, 0.05) is 12.8 Å². The van der Waals surface area contributed by atoms with Crippen molar-refractivity contribution in [3.8, 4) is 5.75 Å². The van der Waals surface area contributed by atoms with Crippen molar-refractivity contribution in [2.45, 2.75) is 39.5 Å². The second-order valence-corrected chi connectivity index (χ2v) is 4.57. The van der Waals surface area contributed by atoms with E-state index in [0.717, 1.165) is 11.3 Å². The molecule has 110 valence electrons. The molecule has 0 radical (unpaired) electrons. The third-order valence-corrected chi connectivity index (χ3v) is 2.81. The Kier molecular flexibility index (Phi) is 7.40. The smallest absolute Gasteiger partial charge is 0.306 e. The van der Waals surface area contributed by atoms with Gasteiger partial charge in [-0.15, -0.1) is 0 Å². The Morgan fingerprint density at radius 1 is 1.15 bits per heavy atom. The number of esters is 1. The highest BCUT2D eigenvalue weighted by atomic mass is 16.5. The first-order valence-corrected chi connectivity index (χ1v) is 6.99. The molecule has 20 heavy (non-hydrogen) atoms. The van der Waals surface area contributed by atoms with Gasteiger partial charge in [0.2, 0.25) is 0 Å². The van der Waals surface area contributed by atoms with E-state index in [1.807, 2.05) is 31.2 Å². The third kappa shape index (κ3) is 6.36. The van der Waals surface area contributed by atoms with E-state index in [9.17, 15) is 9.59 Å². The highest BCUT2D eigenvalue weighted by Gasteiger charge is 2.07. The van der Waals surface area contributed by atoms with Gasteiger partial charge in [0.25, 0.3) is 0 Å². The summed E-state index contributed by atoms with van der Waals surface area (Å²) in [6.07, 6.45) is 1.98. The van der Waals surface area contributed by atoms with E-state index >= 15 is 0 Å². The largest absolute Gasteiger partial charge is 0.494 e. The number of carbonyl (C=O) groups is 2. The Labute approximate surface area is 120 Å². The molecular weight excluding hydrogens is 256 g/mol. The topological polar surface area (TPSA) is 52.6 Å². The normalized spacial score (nSPS) is 10.1. The van der Waals surface area contributed by atoms with Crippen LogP contribution in [0.25, 0.3) is 0 Å². The molecule has 0 bridgehead atoms. The van der Waals surface area contributed by atoms with E-state index in [4.69, 9.17) is 9.47 Å². The van der Waals surface area contributed by atoms with Gasteiger partial charge in [-0.25, -0.2) is 0 Å². The van der Waals surface area contributed by atoms with Crippen molar-refractivity contribution in [3.63, 3.8) is 0 Å². The van der Waals surface area contributed by atoms with Crippen molar-refractivity contribution in [1.29, 1.82) is 0 Å². The Balaban J connectivity index is 2.32. The maximum Gasteiger partial charge on any atom is 0.306 e. The van der Waals surface area contributed by atoms with Crippen LogP contribution < -0.4 is 4.74 Å². The van der Waals surface area contributed by atoms with Gasteiger partial charge in [0.15, 0.2) is 0 Å². The van der Waals surface area contributed by atoms with Gasteiger partial charge in [0.05, 0.1) is 13.2 Å². The minimum Gasteiger partial charge on any atom is -0.494 e. The minimum absolute atomic E-state index is 0.117. The van der Waals surface area contributed by atoms with E-state index < -0.39 is 0 Å². The van der Waals surface area contributed by atoms with Crippen LogP contribution >= 0.6 is 0 Å². The Morgan fingerprint density at radius 3 is 2.60 bits per heavy atom. The van der Waals surface area contributed by atoms with Crippen LogP contribution in [0, 0.1) is 0 Å². The molecule has 1 aromatic carbocycles. The molecule has 0 saturated carbocycles. The van der Waals surface area contributed by atoms with Gasteiger partial charge in [-0.2, -0.15) is 0 Å². The van der Waals surface area contributed by atoms with Crippen LogP contribution in [0.3, 0.4) is 0 Å². The molecule has 0 unspecified atom stereocenters. The summed E-state index contributed by atoms with van der Waals surface area (Å²) >= 11 is 0. The zero-order chi connectivity index (χ0) is 14.8. The highest BCUT2D eigenvalue weighted by molar-refractivity contribution is 5.75. The number of ketones is 1. The van der Waals surface area contributed by atoms with Crippen LogP contribution in [0.1, 0.15) is 38.7 Å². The Hall–Kier alpha value is -1.84. The first-order valence-electron chi connectivity index (χ1n) is 6.99. The monoisotopic (exact) mass is 278 g/mol. The lowest BCUT2D eigenvalue weighted by Gasteiger charge is -2.09. The van der Waals surface area contributed by atoms with Gasteiger partial charge in [-0.3, -0.25) is 4.79 Å². The summed E-state index contributed by atoms with van der Waals surface area (Å²) in [5.41, 5.74) is 1.01. The van der Waals surface area contributed by atoms with Gasteiger partial charge in [0.1, 0.15) is 11.5 Å². The first kappa shape index (κ1) is 16.2. The lowest BCUT2D eigenvalue weighted by Crippen LogP contribution is -2.08. The zero-order valence-electron chi connectivity index (χ0n) is 12.2. The molecule has 0 amide bonds. The molecule has 0 aromatic heterocycles. The molecule has 0 aliphatic carbocycles. The molecule has 0 aliphatic heterocycles. The minimum atomic E-state index is -0.236. The molecule has 1 aromatic rings. The van der Waals surface area contributed by atoms with Gasteiger partial charge >= 0.3 is 5.97 Å². The molecule has 0 saturated heterocycles. The number of Topliss-reactive ketones (excluding diaryl/α,β-unsaturated/α-hetero) is 1. The third-order valence-electron chi connectivity index (χ3n) is 2.81. The summed E-state index contributed by atoms with van der Waals surface area (Å²) in [4.78, 5) is 22.3. The standard InChI is InChI=1S/C16H22O4/c1-3-19-15-9-5-4-8-14(15)10-11-16(18)20-12-6-7-13(2)17/h4-5,8-9H,3,6-7,10-12H2,1-2H3. The van der Waals surface area contributed by atoms with Gasteiger partial charge in [-0.05, 0) is 38.3 Å². The van der Waals surface area contributed by atoms with Crippen molar-refractivity contribution in [2.75, 3.05) is 13.2 Å². The van der Waals surface area contributed by atoms with E-state index in [0.29, 0.717) is 38.9 Å². The molecule has 0 spiro atoms. The van der Waals surface area contributed by atoms with Crippen molar-refractivity contribution < 1.29 is 19.1 Å². The molecule has 1 rings (SSSR count). The summed E-state index contributed by atoms with van der Waals surface area (Å²) in [7, 11) is 0. The summed E-state index contributed by atoms with van der Waals surface area (Å²) in [5, 5.41) is 0. The maximum absolute atomic E-state index is 11.6. The molecule has 4 nitrogen and oxygen atoms in total. The van der Waals surface area contributed by atoms with Crippen molar-refractivity contribution in [2.24, 2.45) is 0 Å². The fraction of sp³-hybridized carbons (Fsp3) is 0.500. The van der Waals surface area contributed by atoms with Crippen LogP contribution in [0.15, 0.2) is 24.3 Å². The lowest BCUT2D eigenvalue weighted by atomic mass is 10.1. The summed E-state index contributed by atoms with van der Waals surface area (Å²) in [6.45, 7) is 4.38. The van der Waals surface area contributed by atoms with Crippen molar-refractivity contribution in [3.05, 3.63) is 29.8 Å². The number of aryl methyl sites for hydroxylation is 1. The first-order chi connectivity index (χ1) is 9.63. The molecular formula is C16H22O4. The average Bonchev–Trinajstić information content (AvgIpc) is 2.43. The molecule has 0 N–H and O–H groups in total. The summed E-state index contributed by atoms with van der Waals surface area (Å²) in [6, 6.07) is 7.69. The molecule has 0 atom stereocenters. The molecule has 0 heterocycles. The zero-order valence-corrected chi connectivity index (χ0v) is 12.2. The SMILES string of the molecule is CCOc1ccccc1CCC(=O)OCCCC(C)=O. The van der Waals surface area contributed by atoms with Crippen LogP contribution in [0.4, 0.5) is 0 Å². The number of ether oxygens (including phenoxy) is 2. The number of hydrogen-bond acceptors (Lipinski definition) is 4. The molecule has 0 aliphatic rings. The Morgan fingerprint density at radius 2 is 1.90 bits per heavy atom. The van der Waals surface area contributed by atoms with Crippen LogP contribution in [-0.2, 0) is 20.7 Å². The Bertz CT molecular complexity index is 440. The number of rotatable bonds is 9. The highest BCUT2D eigenvalue weighted by Crippen LogP contribution is 2.19. The van der Waals surface area contributed by atoms with E-state index in [1.165, 1.54) is 6.92 Å². The number of para-hydroxylation sites is 1. The average molecular weight is 278 g/mol. The van der Waals surface area contributed by atoms with E-state index in [-0.39, 0.29) is 11.8 Å². The second-order valence-electron chi connectivity index (χ2n) is 4.57. The lowest BCUT2D eigenvalue weighted by molar-refractivity contribution is -0.144. The number of benzene rings is 1. The predicted octanol–water partition coefficient (Wildman–Crippen LogP) is 2.93. The van der Waals surface area contributed by atoms with Crippen LogP contribution in [0.2, 0.25) is 0 Å². The van der Waals surface area contributed by atoms with E-state index in [1.54, 1.807) is 0 Å². The quantitative estimate of drug-likeness (QED) is 0.515. The van der Waals surface area contributed by atoms with E-state index in [2.05, 4.69) is 0 Å². The van der Waals surface area contributed by atoms with Crippen molar-refractivity contribution in [1.82, 2.24) is 0 Å².